The molecule has 0 unspecified atom stereocenters. The van der Waals surface area contributed by atoms with Gasteiger partial charge in [-0.05, 0) is 44.2 Å². The normalized spacial score (nSPS) is 11.9. The van der Waals surface area contributed by atoms with Gasteiger partial charge in [0.25, 0.3) is 0 Å². The van der Waals surface area contributed by atoms with Crippen molar-refractivity contribution >= 4 is 40.1 Å². The number of aromatic nitrogens is 1. The third kappa shape index (κ3) is 3.04. The van der Waals surface area contributed by atoms with Crippen LogP contribution >= 0.6 is 23.2 Å². The lowest BCUT2D eigenvalue weighted by atomic mass is 10.0. The van der Waals surface area contributed by atoms with E-state index in [1.54, 1.807) is 18.2 Å². The van der Waals surface area contributed by atoms with Crippen LogP contribution in [0.2, 0.25) is 10.0 Å². The van der Waals surface area contributed by atoms with E-state index in [4.69, 9.17) is 23.2 Å². The van der Waals surface area contributed by atoms with E-state index in [1.807, 2.05) is 0 Å². The summed E-state index contributed by atoms with van der Waals surface area (Å²) >= 11 is 12.5. The van der Waals surface area contributed by atoms with Gasteiger partial charge in [0.05, 0.1) is 16.3 Å². The molecular weight excluding hydrogens is 355 g/mol. The molecule has 0 radical (unpaired) electrons. The fourth-order valence-electron chi connectivity index (χ4n) is 2.54. The highest BCUT2D eigenvalue weighted by Crippen LogP contribution is 2.38. The standard InChI is InChI=1S/C18H13Cl2F2NO/c1-18(2,22)16-7-10-5-12(14(20)8-15(10)23-16)11-4-3-9(17(21)24)6-13(11)19/h3-8,23H,1-2H3. The van der Waals surface area contributed by atoms with E-state index in [0.29, 0.717) is 27.4 Å². The fourth-order valence-corrected chi connectivity index (χ4v) is 3.08. The van der Waals surface area contributed by atoms with Crippen LogP contribution < -0.4 is 0 Å². The van der Waals surface area contributed by atoms with Gasteiger partial charge in [-0.3, -0.25) is 4.79 Å². The molecule has 1 heterocycles. The van der Waals surface area contributed by atoms with Crippen molar-refractivity contribution in [1.82, 2.24) is 4.98 Å². The zero-order valence-electron chi connectivity index (χ0n) is 12.9. The molecule has 6 heteroatoms. The number of nitrogens with one attached hydrogen (secondary N) is 1. The lowest BCUT2D eigenvalue weighted by Gasteiger charge is -2.10. The predicted octanol–water partition coefficient (Wildman–Crippen LogP) is 6.46. The first kappa shape index (κ1) is 16.9. The quantitative estimate of drug-likeness (QED) is 0.529. The lowest BCUT2D eigenvalue weighted by Crippen LogP contribution is -2.08. The molecule has 3 rings (SSSR count). The van der Waals surface area contributed by atoms with Crippen LogP contribution in [0, 0.1) is 0 Å². The highest BCUT2D eigenvalue weighted by atomic mass is 35.5. The zero-order chi connectivity index (χ0) is 17.6. The second kappa shape index (κ2) is 5.87. The van der Waals surface area contributed by atoms with E-state index in [9.17, 15) is 13.6 Å². The van der Waals surface area contributed by atoms with Crippen LogP contribution in [-0.4, -0.2) is 11.0 Å². The molecule has 3 aromatic rings. The van der Waals surface area contributed by atoms with Gasteiger partial charge in [0.1, 0.15) is 5.67 Å². The lowest BCUT2D eigenvalue weighted by molar-refractivity contribution is 0.0836. The number of halogens is 4. The summed E-state index contributed by atoms with van der Waals surface area (Å²) in [4.78, 5) is 13.8. The van der Waals surface area contributed by atoms with Crippen molar-refractivity contribution in [3.05, 3.63) is 57.7 Å². The summed E-state index contributed by atoms with van der Waals surface area (Å²) in [7, 11) is 0. The van der Waals surface area contributed by atoms with Crippen molar-refractivity contribution in [2.45, 2.75) is 19.5 Å². The average molecular weight is 368 g/mol. The minimum atomic E-state index is -1.55. The van der Waals surface area contributed by atoms with Crippen LogP contribution in [0.15, 0.2) is 36.4 Å². The smallest absolute Gasteiger partial charge is 0.332 e. The maximum absolute atomic E-state index is 14.1. The van der Waals surface area contributed by atoms with Gasteiger partial charge in [0.15, 0.2) is 0 Å². The molecule has 0 bridgehead atoms. The molecule has 0 aliphatic rings. The Kier molecular flexibility index (Phi) is 4.14. The maximum Gasteiger partial charge on any atom is 0.332 e. The summed E-state index contributed by atoms with van der Waals surface area (Å²) in [6.07, 6.45) is 0. The Balaban J connectivity index is 2.16. The number of hydrogen-bond donors (Lipinski definition) is 1. The van der Waals surface area contributed by atoms with E-state index in [-0.39, 0.29) is 10.6 Å². The van der Waals surface area contributed by atoms with Gasteiger partial charge in [0.2, 0.25) is 0 Å². The molecule has 0 atom stereocenters. The first-order chi connectivity index (χ1) is 11.2. The van der Waals surface area contributed by atoms with Crippen molar-refractivity contribution in [2.24, 2.45) is 0 Å². The van der Waals surface area contributed by atoms with E-state index in [1.165, 1.54) is 32.0 Å². The molecule has 24 heavy (non-hydrogen) atoms. The number of rotatable bonds is 3. The van der Waals surface area contributed by atoms with Crippen LogP contribution in [0.1, 0.15) is 29.9 Å². The van der Waals surface area contributed by atoms with E-state index in [2.05, 4.69) is 4.98 Å². The van der Waals surface area contributed by atoms with Gasteiger partial charge in [-0.2, -0.15) is 4.39 Å². The topological polar surface area (TPSA) is 32.9 Å². The largest absolute Gasteiger partial charge is 0.356 e. The number of benzene rings is 2. The van der Waals surface area contributed by atoms with E-state index < -0.39 is 11.7 Å². The van der Waals surface area contributed by atoms with Gasteiger partial charge in [-0.15, -0.1) is 0 Å². The molecule has 1 aromatic heterocycles. The number of carbonyl (C=O) groups is 1. The SMILES string of the molecule is CC(C)(F)c1cc2cc(-c3ccc(C(=O)F)cc3Cl)c(Cl)cc2[nH]1. The molecule has 2 aromatic carbocycles. The molecule has 124 valence electrons. The second-order valence-electron chi connectivity index (χ2n) is 6.04. The van der Waals surface area contributed by atoms with E-state index in [0.717, 1.165) is 5.39 Å². The summed E-state index contributed by atoms with van der Waals surface area (Å²) in [5.41, 5.74) is 0.701. The number of carbonyl (C=O) groups excluding carboxylic acids is 1. The van der Waals surface area contributed by atoms with Crippen molar-refractivity contribution in [1.29, 1.82) is 0 Å². The van der Waals surface area contributed by atoms with Crippen LogP contribution in [0.5, 0.6) is 0 Å². The Bertz CT molecular complexity index is 958. The minimum absolute atomic E-state index is 0.121. The molecule has 0 aliphatic heterocycles. The Labute approximate surface area is 147 Å². The molecule has 0 amide bonds. The molecule has 2 nitrogen and oxygen atoms in total. The number of hydrogen-bond acceptors (Lipinski definition) is 1. The Hall–Kier alpha value is -1.91. The number of aromatic amines is 1. The summed E-state index contributed by atoms with van der Waals surface area (Å²) < 4.78 is 26.9. The third-order valence-corrected chi connectivity index (χ3v) is 4.46. The summed E-state index contributed by atoms with van der Waals surface area (Å²) in [5.74, 6) is 0. The summed E-state index contributed by atoms with van der Waals surface area (Å²) in [6.45, 7) is 2.92. The molecule has 1 N–H and O–H groups in total. The molecule has 0 aliphatic carbocycles. The second-order valence-corrected chi connectivity index (χ2v) is 6.86. The molecule has 0 fully saturated rings. The number of alkyl halides is 1. The van der Waals surface area contributed by atoms with Crippen LogP contribution in [0.4, 0.5) is 8.78 Å². The number of H-pyrrole nitrogens is 1. The Morgan fingerprint density at radius 1 is 1.04 bits per heavy atom. The first-order valence-corrected chi connectivity index (χ1v) is 7.94. The monoisotopic (exact) mass is 367 g/mol. The van der Waals surface area contributed by atoms with Crippen molar-refractivity contribution in [2.75, 3.05) is 0 Å². The Morgan fingerprint density at radius 3 is 2.29 bits per heavy atom. The van der Waals surface area contributed by atoms with E-state index >= 15 is 0 Å². The zero-order valence-corrected chi connectivity index (χ0v) is 14.4. The molecule has 0 saturated heterocycles. The van der Waals surface area contributed by atoms with Crippen LogP contribution in [0.25, 0.3) is 22.0 Å². The predicted molar refractivity (Wildman–Crippen MR) is 93.3 cm³/mol. The fraction of sp³-hybridized carbons (Fsp3) is 0.167. The molecule has 0 spiro atoms. The summed E-state index contributed by atoms with van der Waals surface area (Å²) in [6, 6.07) is 7.76. The highest BCUT2D eigenvalue weighted by molar-refractivity contribution is 6.37. The molecule has 0 saturated carbocycles. The van der Waals surface area contributed by atoms with Crippen LogP contribution in [-0.2, 0) is 5.67 Å². The van der Waals surface area contributed by atoms with Gasteiger partial charge >= 0.3 is 6.04 Å². The third-order valence-electron chi connectivity index (χ3n) is 3.84. The maximum atomic E-state index is 14.1. The van der Waals surface area contributed by atoms with Gasteiger partial charge in [0, 0.05) is 27.1 Å². The van der Waals surface area contributed by atoms with Gasteiger partial charge in [-0.25, -0.2) is 4.39 Å². The Morgan fingerprint density at radius 2 is 1.71 bits per heavy atom. The molecular formula is C18H13Cl2F2NO. The summed E-state index contributed by atoms with van der Waals surface area (Å²) in [5, 5.41) is 1.40. The van der Waals surface area contributed by atoms with Crippen LogP contribution in [0.3, 0.4) is 0 Å². The highest BCUT2D eigenvalue weighted by Gasteiger charge is 2.22. The van der Waals surface area contributed by atoms with Crippen molar-refractivity contribution < 1.29 is 13.6 Å². The first-order valence-electron chi connectivity index (χ1n) is 7.18. The van der Waals surface area contributed by atoms with Gasteiger partial charge in [-0.1, -0.05) is 29.3 Å². The minimum Gasteiger partial charge on any atom is -0.356 e. The number of fused-ring (bicyclic) bond motifs is 1. The van der Waals surface area contributed by atoms with Crippen molar-refractivity contribution in [3.63, 3.8) is 0 Å². The van der Waals surface area contributed by atoms with Gasteiger partial charge < -0.3 is 4.98 Å². The van der Waals surface area contributed by atoms with Crippen molar-refractivity contribution in [3.8, 4) is 11.1 Å². The average Bonchev–Trinajstić information content (AvgIpc) is 2.89.